The highest BCUT2D eigenvalue weighted by Crippen LogP contribution is 2.37. The summed E-state index contributed by atoms with van der Waals surface area (Å²) in [4.78, 5) is 10.3. The van der Waals surface area contributed by atoms with E-state index in [2.05, 4.69) is 10.6 Å². The molecular weight excluding hydrogens is 513 g/mol. The number of nitrogens with zero attached hydrogens (tertiary/aromatic N) is 1. The predicted molar refractivity (Wildman–Crippen MR) is 144 cm³/mol. The van der Waals surface area contributed by atoms with Gasteiger partial charge in [0.1, 0.15) is 6.61 Å². The smallest absolute Gasteiger partial charge is 0.271 e. The minimum Gasteiger partial charge on any atom is -0.490 e. The van der Waals surface area contributed by atoms with E-state index in [1.54, 1.807) is 6.07 Å². The molecule has 3 aromatic carbocycles. The molecule has 0 spiro atoms. The van der Waals surface area contributed by atoms with Crippen LogP contribution in [0.15, 0.2) is 54.6 Å². The zero-order valence-corrected chi connectivity index (χ0v) is 21.8. The van der Waals surface area contributed by atoms with Gasteiger partial charge in [-0.25, -0.2) is 0 Å². The molecule has 0 aliphatic rings. The van der Waals surface area contributed by atoms with Crippen LogP contribution in [-0.4, -0.2) is 24.6 Å². The van der Waals surface area contributed by atoms with Crippen molar-refractivity contribution in [3.8, 4) is 11.5 Å². The first-order chi connectivity index (χ1) is 16.4. The molecular formula is C25H28Cl3N3O4. The van der Waals surface area contributed by atoms with Crippen LogP contribution in [-0.2, 0) is 13.2 Å². The number of nitro benzene ring substituents is 1. The molecule has 0 aliphatic heterocycles. The van der Waals surface area contributed by atoms with Crippen molar-refractivity contribution in [2.24, 2.45) is 0 Å². The van der Waals surface area contributed by atoms with E-state index in [0.717, 1.165) is 11.1 Å². The molecule has 0 saturated carbocycles. The Morgan fingerprint density at radius 3 is 2.34 bits per heavy atom. The second kappa shape index (κ2) is 14.0. The van der Waals surface area contributed by atoms with Gasteiger partial charge in [-0.15, -0.1) is 12.4 Å². The van der Waals surface area contributed by atoms with E-state index in [-0.39, 0.29) is 18.1 Å². The van der Waals surface area contributed by atoms with Crippen LogP contribution in [0.25, 0.3) is 0 Å². The SMILES string of the molecule is CCOc1cc(CNCCNc2ccc([N+](=O)[O-])cc2Cl)cc(Cl)c1OCc1ccc(C)cc1.Cl. The molecule has 0 aromatic heterocycles. The van der Waals surface area contributed by atoms with Crippen LogP contribution in [0.2, 0.25) is 10.0 Å². The molecule has 0 fully saturated rings. The molecule has 0 saturated heterocycles. The van der Waals surface area contributed by atoms with Crippen molar-refractivity contribution in [3.05, 3.63) is 91.4 Å². The maximum Gasteiger partial charge on any atom is 0.271 e. The number of nitro groups is 1. The Balaban J connectivity index is 0.00000432. The summed E-state index contributed by atoms with van der Waals surface area (Å²) in [5.74, 6) is 1.14. The van der Waals surface area contributed by atoms with Crippen molar-refractivity contribution in [2.45, 2.75) is 27.0 Å². The van der Waals surface area contributed by atoms with E-state index in [4.69, 9.17) is 32.7 Å². The molecule has 0 unspecified atom stereocenters. The first-order valence-electron chi connectivity index (χ1n) is 10.9. The largest absolute Gasteiger partial charge is 0.490 e. The molecule has 7 nitrogen and oxygen atoms in total. The quantitative estimate of drug-likeness (QED) is 0.149. The van der Waals surface area contributed by atoms with Crippen molar-refractivity contribution in [1.29, 1.82) is 0 Å². The Kier molecular flexibility index (Phi) is 11.4. The molecule has 188 valence electrons. The highest BCUT2D eigenvalue weighted by molar-refractivity contribution is 6.33. The van der Waals surface area contributed by atoms with Crippen LogP contribution in [0.4, 0.5) is 11.4 Å². The average molecular weight is 541 g/mol. The number of hydrogen-bond acceptors (Lipinski definition) is 6. The van der Waals surface area contributed by atoms with Crippen LogP contribution >= 0.6 is 35.6 Å². The summed E-state index contributed by atoms with van der Waals surface area (Å²) in [6.45, 7) is 6.65. The van der Waals surface area contributed by atoms with Crippen molar-refractivity contribution >= 4 is 47.0 Å². The number of ether oxygens (including phenoxy) is 2. The lowest BCUT2D eigenvalue weighted by Gasteiger charge is -2.16. The number of benzene rings is 3. The highest BCUT2D eigenvalue weighted by atomic mass is 35.5. The molecule has 10 heteroatoms. The van der Waals surface area contributed by atoms with Gasteiger partial charge in [-0.2, -0.15) is 0 Å². The molecule has 0 radical (unpaired) electrons. The number of non-ortho nitro benzene ring substituents is 1. The van der Waals surface area contributed by atoms with Crippen LogP contribution in [0.3, 0.4) is 0 Å². The Morgan fingerprint density at radius 1 is 0.943 bits per heavy atom. The maximum absolute atomic E-state index is 10.8. The lowest BCUT2D eigenvalue weighted by Crippen LogP contribution is -2.22. The first-order valence-corrected chi connectivity index (χ1v) is 11.6. The molecule has 2 N–H and O–H groups in total. The molecule has 0 heterocycles. The molecule has 3 rings (SSSR count). The monoisotopic (exact) mass is 539 g/mol. The van der Waals surface area contributed by atoms with E-state index in [9.17, 15) is 10.1 Å². The average Bonchev–Trinajstić information content (AvgIpc) is 2.80. The Bertz CT molecular complexity index is 1130. The van der Waals surface area contributed by atoms with Crippen LogP contribution in [0.1, 0.15) is 23.6 Å². The third-order valence-corrected chi connectivity index (χ3v) is 5.58. The molecule has 35 heavy (non-hydrogen) atoms. The zero-order valence-electron chi connectivity index (χ0n) is 19.5. The van der Waals surface area contributed by atoms with Crippen molar-refractivity contribution in [1.82, 2.24) is 5.32 Å². The van der Waals surface area contributed by atoms with Crippen LogP contribution < -0.4 is 20.1 Å². The highest BCUT2D eigenvalue weighted by Gasteiger charge is 2.13. The second-order valence-corrected chi connectivity index (χ2v) is 8.45. The summed E-state index contributed by atoms with van der Waals surface area (Å²) in [5.41, 5.74) is 3.81. The lowest BCUT2D eigenvalue weighted by molar-refractivity contribution is -0.384. The Morgan fingerprint density at radius 2 is 1.69 bits per heavy atom. The summed E-state index contributed by atoms with van der Waals surface area (Å²) in [5, 5.41) is 18.1. The number of aryl methyl sites for hydroxylation is 1. The van der Waals surface area contributed by atoms with Gasteiger partial charge in [0.2, 0.25) is 0 Å². The molecule has 3 aromatic rings. The minimum absolute atomic E-state index is 0. The number of hydrogen-bond donors (Lipinski definition) is 2. The summed E-state index contributed by atoms with van der Waals surface area (Å²) in [6, 6.07) is 16.3. The summed E-state index contributed by atoms with van der Waals surface area (Å²) < 4.78 is 11.8. The zero-order chi connectivity index (χ0) is 24.5. The molecule has 0 atom stereocenters. The summed E-state index contributed by atoms with van der Waals surface area (Å²) >= 11 is 12.6. The normalized spacial score (nSPS) is 10.4. The lowest BCUT2D eigenvalue weighted by atomic mass is 10.1. The van der Waals surface area contributed by atoms with Gasteiger partial charge in [0.05, 0.1) is 27.3 Å². The van der Waals surface area contributed by atoms with E-state index >= 15 is 0 Å². The second-order valence-electron chi connectivity index (χ2n) is 7.64. The van der Waals surface area contributed by atoms with Crippen LogP contribution in [0.5, 0.6) is 11.5 Å². The van der Waals surface area contributed by atoms with E-state index < -0.39 is 4.92 Å². The third-order valence-electron chi connectivity index (χ3n) is 4.98. The third kappa shape index (κ3) is 8.47. The maximum atomic E-state index is 10.8. The fourth-order valence-electron chi connectivity index (χ4n) is 3.25. The summed E-state index contributed by atoms with van der Waals surface area (Å²) in [6.07, 6.45) is 0. The van der Waals surface area contributed by atoms with Gasteiger partial charge in [-0.3, -0.25) is 10.1 Å². The topological polar surface area (TPSA) is 85.7 Å². The van der Waals surface area contributed by atoms with Crippen molar-refractivity contribution < 1.29 is 14.4 Å². The molecule has 0 amide bonds. The standard InChI is InChI=1S/C25H27Cl2N3O4.ClH/c1-3-33-24-13-19(12-22(27)25(24)34-16-18-6-4-17(2)5-7-18)15-28-10-11-29-23-9-8-20(30(31)32)14-21(23)26;/h4-9,12-14,28-29H,3,10-11,15-16H2,1-2H3;1H. The predicted octanol–water partition coefficient (Wildman–Crippen LogP) is 6.81. The van der Waals surface area contributed by atoms with Gasteiger partial charge < -0.3 is 20.1 Å². The Labute approximate surface area is 221 Å². The number of nitrogens with one attached hydrogen (secondary N) is 2. The van der Waals surface area contributed by atoms with Gasteiger partial charge in [-0.05, 0) is 43.2 Å². The van der Waals surface area contributed by atoms with E-state index in [1.807, 2.05) is 50.2 Å². The number of halogens is 3. The van der Waals surface area contributed by atoms with Crippen molar-refractivity contribution in [3.63, 3.8) is 0 Å². The molecule has 0 bridgehead atoms. The van der Waals surface area contributed by atoms with Gasteiger partial charge in [0.15, 0.2) is 11.5 Å². The van der Waals surface area contributed by atoms with E-state index in [1.165, 1.54) is 17.7 Å². The summed E-state index contributed by atoms with van der Waals surface area (Å²) in [7, 11) is 0. The first kappa shape index (κ1) is 28.5. The van der Waals surface area contributed by atoms with Gasteiger partial charge >= 0.3 is 0 Å². The molecule has 0 aliphatic carbocycles. The number of rotatable bonds is 12. The van der Waals surface area contributed by atoms with Crippen molar-refractivity contribution in [2.75, 3.05) is 25.0 Å². The van der Waals surface area contributed by atoms with Gasteiger partial charge in [-0.1, -0.05) is 53.0 Å². The van der Waals surface area contributed by atoms with E-state index in [0.29, 0.717) is 60.1 Å². The van der Waals surface area contributed by atoms with Crippen LogP contribution in [0, 0.1) is 17.0 Å². The van der Waals surface area contributed by atoms with Gasteiger partial charge in [0, 0.05) is 31.8 Å². The number of anilines is 1. The fraction of sp³-hybridized carbons (Fsp3) is 0.280. The minimum atomic E-state index is -0.475. The van der Waals surface area contributed by atoms with Gasteiger partial charge in [0.25, 0.3) is 5.69 Å². The fourth-order valence-corrected chi connectivity index (χ4v) is 3.77. The Hall–Kier alpha value is -2.71.